The van der Waals surface area contributed by atoms with Gasteiger partial charge in [-0.3, -0.25) is 4.98 Å². The number of pyridine rings is 1. The van der Waals surface area contributed by atoms with Crippen LogP contribution in [0.4, 0.5) is 0 Å². The Kier molecular flexibility index (Phi) is 4.13. The number of hydrogen-bond acceptors (Lipinski definition) is 4. The van der Waals surface area contributed by atoms with Crippen molar-refractivity contribution in [3.05, 3.63) is 24.0 Å². The Morgan fingerprint density at radius 3 is 2.88 bits per heavy atom. The standard InChI is InChI=1S/C12H18N2O2/c1-15-6-7-16-12-5-4-11(14-9-12)8-13-10-2-3-10/h4-5,9-10,13H,2-3,6-8H2,1H3. The van der Waals surface area contributed by atoms with Gasteiger partial charge in [0.05, 0.1) is 18.5 Å². The minimum absolute atomic E-state index is 0.567. The Labute approximate surface area is 96.0 Å². The van der Waals surface area contributed by atoms with Crippen LogP contribution in [0, 0.1) is 0 Å². The van der Waals surface area contributed by atoms with Crippen LogP contribution in [0.2, 0.25) is 0 Å². The number of nitrogens with one attached hydrogen (secondary N) is 1. The predicted octanol–water partition coefficient (Wildman–Crippen LogP) is 1.36. The molecular weight excluding hydrogens is 204 g/mol. The third-order valence-electron chi connectivity index (χ3n) is 2.50. The van der Waals surface area contributed by atoms with Gasteiger partial charge in [0.1, 0.15) is 12.4 Å². The summed E-state index contributed by atoms with van der Waals surface area (Å²) in [5.74, 6) is 0.798. The third kappa shape index (κ3) is 3.79. The van der Waals surface area contributed by atoms with Crippen molar-refractivity contribution in [1.82, 2.24) is 10.3 Å². The predicted molar refractivity (Wildman–Crippen MR) is 61.5 cm³/mol. The summed E-state index contributed by atoms with van der Waals surface area (Å²) < 4.78 is 10.3. The van der Waals surface area contributed by atoms with Gasteiger partial charge in [0.15, 0.2) is 0 Å². The molecule has 1 aliphatic carbocycles. The largest absolute Gasteiger partial charge is 0.490 e. The van der Waals surface area contributed by atoms with Crippen LogP contribution in [-0.4, -0.2) is 31.3 Å². The second-order valence-electron chi connectivity index (χ2n) is 3.98. The minimum Gasteiger partial charge on any atom is -0.490 e. The van der Waals surface area contributed by atoms with E-state index in [2.05, 4.69) is 10.3 Å². The van der Waals surface area contributed by atoms with E-state index in [0.717, 1.165) is 24.0 Å². The molecule has 0 unspecified atom stereocenters. The van der Waals surface area contributed by atoms with Crippen LogP contribution in [0.25, 0.3) is 0 Å². The van der Waals surface area contributed by atoms with Crippen molar-refractivity contribution in [2.75, 3.05) is 20.3 Å². The second-order valence-corrected chi connectivity index (χ2v) is 3.98. The normalized spacial score (nSPS) is 15.1. The summed E-state index contributed by atoms with van der Waals surface area (Å²) in [6.45, 7) is 2.02. The lowest BCUT2D eigenvalue weighted by Crippen LogP contribution is -2.16. The molecule has 0 aliphatic heterocycles. The second kappa shape index (κ2) is 5.82. The number of nitrogens with zero attached hydrogens (tertiary/aromatic N) is 1. The number of aromatic nitrogens is 1. The van der Waals surface area contributed by atoms with Gasteiger partial charge >= 0.3 is 0 Å². The van der Waals surface area contributed by atoms with Crippen LogP contribution in [0.15, 0.2) is 18.3 Å². The number of ether oxygens (including phenoxy) is 2. The molecule has 1 N–H and O–H groups in total. The first-order chi connectivity index (χ1) is 7.88. The molecule has 0 bridgehead atoms. The summed E-state index contributed by atoms with van der Waals surface area (Å²) in [5.41, 5.74) is 1.06. The summed E-state index contributed by atoms with van der Waals surface area (Å²) in [7, 11) is 1.66. The fourth-order valence-electron chi connectivity index (χ4n) is 1.38. The lowest BCUT2D eigenvalue weighted by Gasteiger charge is -2.06. The van der Waals surface area contributed by atoms with E-state index in [1.54, 1.807) is 13.3 Å². The number of methoxy groups -OCH3 is 1. The van der Waals surface area contributed by atoms with Crippen LogP contribution in [0.5, 0.6) is 5.75 Å². The number of hydrogen-bond donors (Lipinski definition) is 1. The van der Waals surface area contributed by atoms with Crippen molar-refractivity contribution in [3.63, 3.8) is 0 Å². The van der Waals surface area contributed by atoms with Crippen molar-refractivity contribution in [3.8, 4) is 5.75 Å². The maximum absolute atomic E-state index is 5.43. The van der Waals surface area contributed by atoms with E-state index in [1.807, 2.05) is 12.1 Å². The van der Waals surface area contributed by atoms with Gasteiger partial charge in [-0.05, 0) is 25.0 Å². The zero-order chi connectivity index (χ0) is 11.2. The molecule has 1 aromatic heterocycles. The molecule has 2 rings (SSSR count). The van der Waals surface area contributed by atoms with Gasteiger partial charge in [-0.1, -0.05) is 0 Å². The van der Waals surface area contributed by atoms with E-state index in [1.165, 1.54) is 12.8 Å². The Morgan fingerprint density at radius 2 is 2.25 bits per heavy atom. The first-order valence-corrected chi connectivity index (χ1v) is 5.68. The zero-order valence-corrected chi connectivity index (χ0v) is 9.61. The lowest BCUT2D eigenvalue weighted by atomic mass is 10.3. The highest BCUT2D eigenvalue weighted by Crippen LogP contribution is 2.19. The van der Waals surface area contributed by atoms with E-state index in [4.69, 9.17) is 9.47 Å². The molecule has 4 heteroatoms. The monoisotopic (exact) mass is 222 g/mol. The van der Waals surface area contributed by atoms with Crippen LogP contribution < -0.4 is 10.1 Å². The first kappa shape index (κ1) is 11.4. The van der Waals surface area contributed by atoms with Gasteiger partial charge in [-0.2, -0.15) is 0 Å². The SMILES string of the molecule is COCCOc1ccc(CNC2CC2)nc1. The zero-order valence-electron chi connectivity index (χ0n) is 9.61. The summed E-state index contributed by atoms with van der Waals surface area (Å²) in [6, 6.07) is 4.67. The maximum Gasteiger partial charge on any atom is 0.137 e. The van der Waals surface area contributed by atoms with Gasteiger partial charge in [0, 0.05) is 19.7 Å². The Bertz CT molecular complexity index is 309. The van der Waals surface area contributed by atoms with E-state index >= 15 is 0 Å². The van der Waals surface area contributed by atoms with Crippen molar-refractivity contribution < 1.29 is 9.47 Å². The topological polar surface area (TPSA) is 43.4 Å². The van der Waals surface area contributed by atoms with Gasteiger partial charge in [-0.15, -0.1) is 0 Å². The van der Waals surface area contributed by atoms with Crippen LogP contribution >= 0.6 is 0 Å². The van der Waals surface area contributed by atoms with Crippen LogP contribution in [-0.2, 0) is 11.3 Å². The van der Waals surface area contributed by atoms with Crippen molar-refractivity contribution in [1.29, 1.82) is 0 Å². The molecular formula is C12H18N2O2. The van der Waals surface area contributed by atoms with E-state index in [-0.39, 0.29) is 0 Å². The summed E-state index contributed by atoms with van der Waals surface area (Å²) in [6.07, 6.45) is 4.37. The van der Waals surface area contributed by atoms with Crippen molar-refractivity contribution >= 4 is 0 Å². The molecule has 4 nitrogen and oxygen atoms in total. The molecule has 0 amide bonds. The third-order valence-corrected chi connectivity index (χ3v) is 2.50. The highest BCUT2D eigenvalue weighted by Gasteiger charge is 2.19. The molecule has 16 heavy (non-hydrogen) atoms. The Morgan fingerprint density at radius 1 is 1.38 bits per heavy atom. The molecule has 1 aromatic rings. The molecule has 88 valence electrons. The fourth-order valence-corrected chi connectivity index (χ4v) is 1.38. The summed E-state index contributed by atoms with van der Waals surface area (Å²) in [5, 5.41) is 3.42. The van der Waals surface area contributed by atoms with Crippen LogP contribution in [0.3, 0.4) is 0 Å². The molecule has 0 saturated heterocycles. The Balaban J connectivity index is 1.74. The maximum atomic E-state index is 5.43. The fraction of sp³-hybridized carbons (Fsp3) is 0.583. The molecule has 0 aromatic carbocycles. The molecule has 1 saturated carbocycles. The lowest BCUT2D eigenvalue weighted by molar-refractivity contribution is 0.146. The molecule has 1 heterocycles. The van der Waals surface area contributed by atoms with Gasteiger partial charge in [-0.25, -0.2) is 0 Å². The number of rotatable bonds is 7. The molecule has 1 fully saturated rings. The molecule has 0 spiro atoms. The van der Waals surface area contributed by atoms with Crippen molar-refractivity contribution in [2.45, 2.75) is 25.4 Å². The van der Waals surface area contributed by atoms with E-state index in [9.17, 15) is 0 Å². The quantitative estimate of drug-likeness (QED) is 0.707. The smallest absolute Gasteiger partial charge is 0.137 e. The van der Waals surface area contributed by atoms with Gasteiger partial charge in [0.2, 0.25) is 0 Å². The van der Waals surface area contributed by atoms with Gasteiger partial charge in [0.25, 0.3) is 0 Å². The highest BCUT2D eigenvalue weighted by atomic mass is 16.5. The van der Waals surface area contributed by atoms with E-state index < -0.39 is 0 Å². The minimum atomic E-state index is 0.567. The first-order valence-electron chi connectivity index (χ1n) is 5.68. The van der Waals surface area contributed by atoms with Gasteiger partial charge < -0.3 is 14.8 Å². The highest BCUT2D eigenvalue weighted by molar-refractivity contribution is 5.19. The summed E-state index contributed by atoms with van der Waals surface area (Å²) in [4.78, 5) is 4.33. The van der Waals surface area contributed by atoms with Crippen LogP contribution in [0.1, 0.15) is 18.5 Å². The molecule has 0 atom stereocenters. The summed E-state index contributed by atoms with van der Waals surface area (Å²) >= 11 is 0. The average molecular weight is 222 g/mol. The Hall–Kier alpha value is -1.13. The average Bonchev–Trinajstić information content (AvgIpc) is 3.12. The molecule has 1 aliphatic rings. The molecule has 0 radical (unpaired) electrons. The van der Waals surface area contributed by atoms with E-state index in [0.29, 0.717) is 13.2 Å². The van der Waals surface area contributed by atoms with Crippen molar-refractivity contribution in [2.24, 2.45) is 0 Å².